The zero-order valence-corrected chi connectivity index (χ0v) is 11.5. The Balaban J connectivity index is 2.29. The van der Waals surface area contributed by atoms with Gasteiger partial charge in [0.15, 0.2) is 0 Å². The van der Waals surface area contributed by atoms with Gasteiger partial charge in [-0.25, -0.2) is 4.98 Å². The molecule has 1 atom stereocenters. The van der Waals surface area contributed by atoms with Gasteiger partial charge in [-0.3, -0.25) is 0 Å². The van der Waals surface area contributed by atoms with Crippen LogP contribution >= 0.6 is 22.9 Å². The van der Waals surface area contributed by atoms with E-state index >= 15 is 0 Å². The maximum absolute atomic E-state index is 6.21. The van der Waals surface area contributed by atoms with Crippen molar-refractivity contribution in [2.24, 2.45) is 5.73 Å². The zero-order chi connectivity index (χ0) is 12.4. The number of hydrogen-bond acceptors (Lipinski definition) is 3. The number of thiazole rings is 1. The molecule has 2 aromatic rings. The van der Waals surface area contributed by atoms with Crippen molar-refractivity contribution in [3.05, 3.63) is 50.4 Å². The Morgan fingerprint density at radius 2 is 2.00 bits per heavy atom. The zero-order valence-electron chi connectivity index (χ0n) is 9.90. The molecular formula is C13H15ClN2S. The van der Waals surface area contributed by atoms with Crippen molar-refractivity contribution >= 4 is 22.9 Å². The minimum absolute atomic E-state index is 0.156. The third-order valence-electron chi connectivity index (χ3n) is 2.74. The molecule has 17 heavy (non-hydrogen) atoms. The van der Waals surface area contributed by atoms with Crippen LogP contribution in [0.3, 0.4) is 0 Å². The molecule has 1 aromatic carbocycles. The second-order valence-electron chi connectivity index (χ2n) is 3.94. The fraction of sp³-hybridized carbons (Fsp3) is 0.308. The van der Waals surface area contributed by atoms with Gasteiger partial charge in [0.25, 0.3) is 0 Å². The van der Waals surface area contributed by atoms with Crippen molar-refractivity contribution in [2.45, 2.75) is 26.3 Å². The van der Waals surface area contributed by atoms with E-state index in [0.29, 0.717) is 0 Å². The molecule has 4 heteroatoms. The molecule has 1 unspecified atom stereocenters. The molecule has 2 rings (SSSR count). The van der Waals surface area contributed by atoms with E-state index in [4.69, 9.17) is 17.3 Å². The standard InChI is InChI=1S/C13H15ClN2S/c1-3-11-8(2)17-13(16-11)12(15)9-4-6-10(14)7-5-9/h4-7,12H,3,15H2,1-2H3. The highest BCUT2D eigenvalue weighted by Gasteiger charge is 2.14. The molecule has 1 aromatic heterocycles. The predicted octanol–water partition coefficient (Wildman–Crippen LogP) is 3.72. The van der Waals surface area contributed by atoms with Crippen LogP contribution in [0.25, 0.3) is 0 Å². The predicted molar refractivity (Wildman–Crippen MR) is 73.7 cm³/mol. The van der Waals surface area contributed by atoms with Crippen LogP contribution in [0.5, 0.6) is 0 Å². The summed E-state index contributed by atoms with van der Waals surface area (Å²) >= 11 is 7.54. The lowest BCUT2D eigenvalue weighted by Gasteiger charge is -2.08. The van der Waals surface area contributed by atoms with Crippen LogP contribution < -0.4 is 5.73 Å². The summed E-state index contributed by atoms with van der Waals surface area (Å²) in [5.74, 6) is 0. The molecule has 0 aliphatic rings. The van der Waals surface area contributed by atoms with E-state index in [9.17, 15) is 0 Å². The lowest BCUT2D eigenvalue weighted by molar-refractivity contribution is 0.844. The van der Waals surface area contributed by atoms with E-state index in [1.807, 2.05) is 24.3 Å². The number of rotatable bonds is 3. The molecule has 0 saturated carbocycles. The van der Waals surface area contributed by atoms with Gasteiger partial charge in [-0.15, -0.1) is 11.3 Å². The monoisotopic (exact) mass is 266 g/mol. The van der Waals surface area contributed by atoms with Gasteiger partial charge in [0, 0.05) is 9.90 Å². The maximum atomic E-state index is 6.21. The van der Waals surface area contributed by atoms with E-state index in [2.05, 4.69) is 18.8 Å². The first kappa shape index (κ1) is 12.6. The number of nitrogens with two attached hydrogens (primary N) is 1. The Kier molecular flexibility index (Phi) is 3.82. The van der Waals surface area contributed by atoms with Gasteiger partial charge in [-0.2, -0.15) is 0 Å². The van der Waals surface area contributed by atoms with Gasteiger partial charge in [0.05, 0.1) is 11.7 Å². The van der Waals surface area contributed by atoms with Crippen LogP contribution in [0, 0.1) is 6.92 Å². The van der Waals surface area contributed by atoms with E-state index in [1.54, 1.807) is 11.3 Å². The van der Waals surface area contributed by atoms with Crippen molar-refractivity contribution in [2.75, 3.05) is 0 Å². The summed E-state index contributed by atoms with van der Waals surface area (Å²) in [5, 5.41) is 1.70. The normalized spacial score (nSPS) is 12.7. The van der Waals surface area contributed by atoms with Gasteiger partial charge in [-0.05, 0) is 31.0 Å². The molecule has 1 heterocycles. The molecule has 2 nitrogen and oxygen atoms in total. The first-order chi connectivity index (χ1) is 8.11. The van der Waals surface area contributed by atoms with Crippen LogP contribution in [-0.4, -0.2) is 4.98 Å². The minimum Gasteiger partial charge on any atom is -0.318 e. The Hall–Kier alpha value is -0.900. The molecule has 0 radical (unpaired) electrons. The third kappa shape index (κ3) is 2.68. The second kappa shape index (κ2) is 5.17. The second-order valence-corrected chi connectivity index (χ2v) is 5.61. The number of hydrogen-bond donors (Lipinski definition) is 1. The molecular weight excluding hydrogens is 252 g/mol. The van der Waals surface area contributed by atoms with E-state index < -0.39 is 0 Å². The summed E-state index contributed by atoms with van der Waals surface area (Å²) in [6, 6.07) is 7.47. The Bertz CT molecular complexity index is 505. The highest BCUT2D eigenvalue weighted by Crippen LogP contribution is 2.27. The van der Waals surface area contributed by atoms with Crippen molar-refractivity contribution < 1.29 is 0 Å². The number of nitrogens with zero attached hydrogens (tertiary/aromatic N) is 1. The summed E-state index contributed by atoms with van der Waals surface area (Å²) < 4.78 is 0. The van der Waals surface area contributed by atoms with Crippen LogP contribution in [0.15, 0.2) is 24.3 Å². The van der Waals surface area contributed by atoms with Gasteiger partial charge in [-0.1, -0.05) is 30.7 Å². The Morgan fingerprint density at radius 1 is 1.35 bits per heavy atom. The van der Waals surface area contributed by atoms with Gasteiger partial charge in [0.2, 0.25) is 0 Å². The fourth-order valence-electron chi connectivity index (χ4n) is 1.72. The largest absolute Gasteiger partial charge is 0.318 e. The van der Waals surface area contributed by atoms with Gasteiger partial charge < -0.3 is 5.73 Å². The van der Waals surface area contributed by atoms with Crippen LogP contribution in [0.1, 0.15) is 34.1 Å². The molecule has 0 spiro atoms. The topological polar surface area (TPSA) is 38.9 Å². The molecule has 0 aliphatic heterocycles. The first-order valence-electron chi connectivity index (χ1n) is 5.59. The Labute approximate surface area is 110 Å². The number of aryl methyl sites for hydroxylation is 2. The van der Waals surface area contributed by atoms with Crippen LogP contribution in [-0.2, 0) is 6.42 Å². The van der Waals surface area contributed by atoms with E-state index in [-0.39, 0.29) is 6.04 Å². The van der Waals surface area contributed by atoms with Crippen LogP contribution in [0.2, 0.25) is 5.02 Å². The Morgan fingerprint density at radius 3 is 2.53 bits per heavy atom. The average Bonchev–Trinajstić information content (AvgIpc) is 2.70. The summed E-state index contributed by atoms with van der Waals surface area (Å²) in [4.78, 5) is 5.84. The quantitative estimate of drug-likeness (QED) is 0.920. The van der Waals surface area contributed by atoms with E-state index in [1.165, 1.54) is 4.88 Å². The highest BCUT2D eigenvalue weighted by atomic mass is 35.5. The van der Waals surface area contributed by atoms with Crippen molar-refractivity contribution in [1.29, 1.82) is 0 Å². The number of halogens is 1. The average molecular weight is 267 g/mol. The first-order valence-corrected chi connectivity index (χ1v) is 6.78. The summed E-state index contributed by atoms with van der Waals surface area (Å²) in [7, 11) is 0. The maximum Gasteiger partial charge on any atom is 0.114 e. The van der Waals surface area contributed by atoms with Crippen molar-refractivity contribution in [3.8, 4) is 0 Å². The van der Waals surface area contributed by atoms with Crippen molar-refractivity contribution in [1.82, 2.24) is 4.98 Å². The molecule has 0 amide bonds. The number of benzene rings is 1. The molecule has 2 N–H and O–H groups in total. The summed E-state index contributed by atoms with van der Waals surface area (Å²) in [6.45, 7) is 4.20. The SMILES string of the molecule is CCc1nc(C(N)c2ccc(Cl)cc2)sc1C. The fourth-order valence-corrected chi connectivity index (χ4v) is 2.89. The lowest BCUT2D eigenvalue weighted by atomic mass is 10.1. The lowest BCUT2D eigenvalue weighted by Crippen LogP contribution is -2.11. The van der Waals surface area contributed by atoms with Crippen LogP contribution in [0.4, 0.5) is 0 Å². The molecule has 0 fully saturated rings. The van der Waals surface area contributed by atoms with Gasteiger partial charge >= 0.3 is 0 Å². The molecule has 0 bridgehead atoms. The third-order valence-corrected chi connectivity index (χ3v) is 4.09. The summed E-state index contributed by atoms with van der Waals surface area (Å²) in [6.07, 6.45) is 0.954. The number of aromatic nitrogens is 1. The summed E-state index contributed by atoms with van der Waals surface area (Å²) in [5.41, 5.74) is 8.40. The minimum atomic E-state index is -0.156. The van der Waals surface area contributed by atoms with Crippen molar-refractivity contribution in [3.63, 3.8) is 0 Å². The van der Waals surface area contributed by atoms with E-state index in [0.717, 1.165) is 27.7 Å². The molecule has 0 aliphatic carbocycles. The molecule has 90 valence electrons. The highest BCUT2D eigenvalue weighted by molar-refractivity contribution is 7.11. The molecule has 0 saturated heterocycles. The smallest absolute Gasteiger partial charge is 0.114 e. The van der Waals surface area contributed by atoms with Gasteiger partial charge in [0.1, 0.15) is 5.01 Å².